The number of hydrogen-bond acceptors (Lipinski definition) is 2. The van der Waals surface area contributed by atoms with Crippen LogP contribution in [0.15, 0.2) is 17.3 Å². The Morgan fingerprint density at radius 3 is 2.42 bits per heavy atom. The van der Waals surface area contributed by atoms with Crippen LogP contribution in [0.25, 0.3) is 0 Å². The van der Waals surface area contributed by atoms with Gasteiger partial charge in [0, 0.05) is 11.2 Å². The Balaban J connectivity index is 3.14. The molecule has 0 spiro atoms. The molecule has 0 bridgehead atoms. The van der Waals surface area contributed by atoms with E-state index in [-0.39, 0.29) is 10.0 Å². The van der Waals surface area contributed by atoms with Crippen molar-refractivity contribution in [1.29, 1.82) is 0 Å². The average Bonchev–Trinajstić information content (AvgIpc) is 1.92. The van der Waals surface area contributed by atoms with E-state index >= 15 is 0 Å². The quantitative estimate of drug-likeness (QED) is 0.614. The molecule has 66 valence electrons. The van der Waals surface area contributed by atoms with Crippen LogP contribution in [0.5, 0.6) is 0 Å². The summed E-state index contributed by atoms with van der Waals surface area (Å²) in [6.45, 7) is 0. The molecule has 6 heteroatoms. The number of aromatic nitrogens is 1. The minimum Gasteiger partial charge on any atom is -0.759 e. The van der Waals surface area contributed by atoms with Crippen LogP contribution in [0.1, 0.15) is 5.56 Å². The van der Waals surface area contributed by atoms with Crippen LogP contribution >= 0.6 is 11.6 Å². The van der Waals surface area contributed by atoms with Crippen molar-refractivity contribution in [2.45, 2.75) is 11.2 Å². The van der Waals surface area contributed by atoms with Crippen molar-refractivity contribution in [1.82, 2.24) is 4.98 Å². The van der Waals surface area contributed by atoms with Gasteiger partial charge in [0.25, 0.3) is 0 Å². The van der Waals surface area contributed by atoms with Crippen molar-refractivity contribution in [3.05, 3.63) is 22.8 Å². The zero-order chi connectivity index (χ0) is 9.35. The van der Waals surface area contributed by atoms with Gasteiger partial charge in [-0.2, -0.15) is 13.2 Å². The molecule has 0 unspecified atom stereocenters. The van der Waals surface area contributed by atoms with Gasteiger partial charge in [0.05, 0.1) is 5.56 Å². The second-order valence-corrected chi connectivity index (χ2v) is 2.80. The van der Waals surface area contributed by atoms with E-state index in [0.29, 0.717) is 6.20 Å². The van der Waals surface area contributed by atoms with Crippen LogP contribution in [-0.4, -0.2) is 4.98 Å². The monoisotopic (exact) mass is 212 g/mol. The predicted molar refractivity (Wildman–Crippen MR) is 39.9 cm³/mol. The van der Waals surface area contributed by atoms with Crippen LogP contribution < -0.4 is 0 Å². The highest BCUT2D eigenvalue weighted by molar-refractivity contribution is 7.58. The Morgan fingerprint density at radius 1 is 1.42 bits per heavy atom. The van der Waals surface area contributed by atoms with Gasteiger partial charge >= 0.3 is 6.18 Å². The summed E-state index contributed by atoms with van der Waals surface area (Å²) in [5.41, 5.74) is -0.888. The molecule has 0 aliphatic rings. The zero-order valence-electron chi connectivity index (χ0n) is 5.52. The lowest BCUT2D eigenvalue weighted by Crippen LogP contribution is -2.05. The third-order valence-corrected chi connectivity index (χ3v) is 1.86. The van der Waals surface area contributed by atoms with E-state index in [1.54, 1.807) is 0 Å². The zero-order valence-corrected chi connectivity index (χ0v) is 7.09. The van der Waals surface area contributed by atoms with Crippen molar-refractivity contribution < 1.29 is 13.2 Å². The minimum atomic E-state index is -4.42. The summed E-state index contributed by atoms with van der Waals surface area (Å²) in [4.78, 5) is 3.31. The van der Waals surface area contributed by atoms with Gasteiger partial charge < -0.3 is 12.6 Å². The van der Waals surface area contributed by atoms with E-state index in [0.717, 1.165) is 6.07 Å². The van der Waals surface area contributed by atoms with E-state index in [4.69, 9.17) is 11.6 Å². The summed E-state index contributed by atoms with van der Waals surface area (Å²) in [5, 5.41) is -0.176. The number of rotatable bonds is 0. The van der Waals surface area contributed by atoms with Crippen LogP contribution in [0.2, 0.25) is 5.02 Å². The molecule has 0 aliphatic carbocycles. The van der Waals surface area contributed by atoms with Gasteiger partial charge in [0.15, 0.2) is 0 Å². The van der Waals surface area contributed by atoms with Gasteiger partial charge in [-0.25, -0.2) is 0 Å². The fourth-order valence-electron chi connectivity index (χ4n) is 0.580. The Labute approximate surface area is 77.0 Å². The lowest BCUT2D eigenvalue weighted by atomic mass is 10.3. The molecule has 12 heavy (non-hydrogen) atoms. The average molecular weight is 213 g/mol. The van der Waals surface area contributed by atoms with Crippen molar-refractivity contribution in [3.63, 3.8) is 0 Å². The van der Waals surface area contributed by atoms with Crippen LogP contribution in [0.3, 0.4) is 0 Å². The van der Waals surface area contributed by atoms with Gasteiger partial charge in [-0.15, -0.1) is 0 Å². The standard InChI is InChI=1S/C6H3ClF3NS/c7-4-1-3(6(8,9)10)2-11-5(4)12/h1-2H,(H,11,12)/p-1. The van der Waals surface area contributed by atoms with Crippen LogP contribution in [-0.2, 0) is 18.8 Å². The van der Waals surface area contributed by atoms with Gasteiger partial charge in [-0.1, -0.05) is 16.6 Å². The predicted octanol–water partition coefficient (Wildman–Crippen LogP) is 2.66. The Hall–Kier alpha value is -0.550. The Bertz CT molecular complexity index is 299. The third-order valence-electron chi connectivity index (χ3n) is 1.13. The SMILES string of the molecule is FC(F)(F)c1cnc([S-])c(Cl)c1. The number of pyridine rings is 1. The number of nitrogens with zero attached hydrogens (tertiary/aromatic N) is 1. The van der Waals surface area contributed by atoms with E-state index in [1.165, 1.54) is 0 Å². The number of halogens is 4. The molecule has 0 N–H and O–H groups in total. The van der Waals surface area contributed by atoms with Gasteiger partial charge in [0.2, 0.25) is 0 Å². The molecule has 1 aromatic rings. The first kappa shape index (κ1) is 9.54. The van der Waals surface area contributed by atoms with E-state index < -0.39 is 11.7 Å². The molecule has 0 fully saturated rings. The van der Waals surface area contributed by atoms with Crippen molar-refractivity contribution >= 4 is 24.2 Å². The molecule has 0 atom stereocenters. The normalized spacial score (nSPS) is 11.7. The second kappa shape index (κ2) is 3.06. The van der Waals surface area contributed by atoms with Gasteiger partial charge in [0.1, 0.15) is 0 Å². The van der Waals surface area contributed by atoms with E-state index in [2.05, 4.69) is 17.6 Å². The number of alkyl halides is 3. The first-order chi connectivity index (χ1) is 5.41. The lowest BCUT2D eigenvalue weighted by Gasteiger charge is -2.10. The van der Waals surface area contributed by atoms with E-state index in [9.17, 15) is 13.2 Å². The molecule has 0 aromatic carbocycles. The molecule has 0 amide bonds. The summed E-state index contributed by atoms with van der Waals surface area (Å²) in [5.74, 6) is 0. The summed E-state index contributed by atoms with van der Waals surface area (Å²) in [6.07, 6.45) is -3.76. The highest BCUT2D eigenvalue weighted by atomic mass is 35.5. The topological polar surface area (TPSA) is 12.9 Å². The summed E-state index contributed by atoms with van der Waals surface area (Å²) < 4.78 is 35.9. The van der Waals surface area contributed by atoms with Crippen LogP contribution in [0.4, 0.5) is 13.2 Å². The van der Waals surface area contributed by atoms with Crippen molar-refractivity contribution in [3.8, 4) is 0 Å². The molecule has 1 rings (SSSR count). The smallest absolute Gasteiger partial charge is 0.417 e. The third kappa shape index (κ3) is 1.98. The molecule has 1 nitrogen and oxygen atoms in total. The van der Waals surface area contributed by atoms with Crippen molar-refractivity contribution in [2.24, 2.45) is 0 Å². The summed E-state index contributed by atoms with van der Waals surface area (Å²) in [7, 11) is 0. The minimum absolute atomic E-state index is 0.0235. The molecule has 0 radical (unpaired) electrons. The summed E-state index contributed by atoms with van der Waals surface area (Å²) >= 11 is 9.88. The molecule has 0 saturated carbocycles. The number of hydrogen-bond donors (Lipinski definition) is 0. The molecule has 1 aromatic heterocycles. The summed E-state index contributed by atoms with van der Waals surface area (Å²) in [6, 6.07) is 0.761. The Kier molecular flexibility index (Phi) is 2.44. The van der Waals surface area contributed by atoms with E-state index in [1.807, 2.05) is 0 Å². The largest absolute Gasteiger partial charge is 0.759 e. The fraction of sp³-hybridized carbons (Fsp3) is 0.167. The highest BCUT2D eigenvalue weighted by Gasteiger charge is 2.30. The second-order valence-electron chi connectivity index (χ2n) is 2.01. The maximum absolute atomic E-state index is 12.0. The maximum Gasteiger partial charge on any atom is 0.417 e. The van der Waals surface area contributed by atoms with Crippen molar-refractivity contribution in [2.75, 3.05) is 0 Å². The molecule has 0 aliphatic heterocycles. The molecule has 0 saturated heterocycles. The highest BCUT2D eigenvalue weighted by Crippen LogP contribution is 2.30. The maximum atomic E-state index is 12.0. The Morgan fingerprint density at radius 2 is 2.00 bits per heavy atom. The molecular weight excluding hydrogens is 211 g/mol. The molecular formula is C6H2ClF3NS-. The fourth-order valence-corrected chi connectivity index (χ4v) is 0.858. The molecule has 1 heterocycles. The van der Waals surface area contributed by atoms with Gasteiger partial charge in [-0.05, 0) is 6.07 Å². The lowest BCUT2D eigenvalue weighted by molar-refractivity contribution is -0.137. The first-order valence-corrected chi connectivity index (χ1v) is 3.59. The first-order valence-electron chi connectivity index (χ1n) is 2.81. The van der Waals surface area contributed by atoms with Gasteiger partial charge in [-0.3, -0.25) is 4.98 Å². The van der Waals surface area contributed by atoms with Crippen LogP contribution in [0, 0.1) is 0 Å².